The third-order valence-electron chi connectivity index (χ3n) is 6.21. The zero-order chi connectivity index (χ0) is 22.0. The molecule has 1 aliphatic heterocycles. The van der Waals surface area contributed by atoms with E-state index in [-0.39, 0.29) is 18.3 Å². The Kier molecular flexibility index (Phi) is 6.25. The number of halogens is 1. The number of aryl methyl sites for hydroxylation is 1. The van der Waals surface area contributed by atoms with Gasteiger partial charge in [0.15, 0.2) is 0 Å². The van der Waals surface area contributed by atoms with Crippen LogP contribution in [-0.2, 0) is 6.54 Å². The number of carbonyl (C=O) groups is 1. The van der Waals surface area contributed by atoms with Crippen molar-refractivity contribution in [2.75, 3.05) is 40.0 Å². The van der Waals surface area contributed by atoms with Crippen LogP contribution in [0, 0.1) is 6.92 Å². The summed E-state index contributed by atoms with van der Waals surface area (Å²) in [6.07, 6.45) is 1.95. The molecule has 2 heterocycles. The van der Waals surface area contributed by atoms with Crippen molar-refractivity contribution in [3.05, 3.63) is 64.8 Å². The summed E-state index contributed by atoms with van der Waals surface area (Å²) >= 11 is 0. The Morgan fingerprint density at radius 3 is 2.71 bits per heavy atom. The van der Waals surface area contributed by atoms with Crippen molar-refractivity contribution in [2.24, 2.45) is 0 Å². The second kappa shape index (κ2) is 9.08. The van der Waals surface area contributed by atoms with Crippen molar-refractivity contribution in [1.29, 1.82) is 0 Å². The minimum Gasteiger partial charge on any atom is -0.496 e. The minimum atomic E-state index is -0.939. The number of carboxylic acids is 1. The number of piperazine rings is 1. The molecular weight excluding hydrogens is 397 g/mol. The SMILES string of the molecule is COc1cc(C)c2[nH]ccc2c1CN1CCN(CCF)CC1c1ccc(C(=O)O)cc1. The van der Waals surface area contributed by atoms with E-state index in [0.29, 0.717) is 19.6 Å². The molecule has 0 saturated carbocycles. The molecule has 1 fully saturated rings. The molecule has 1 atom stereocenters. The highest BCUT2D eigenvalue weighted by molar-refractivity contribution is 5.88. The number of rotatable bonds is 7. The zero-order valence-corrected chi connectivity index (χ0v) is 17.9. The van der Waals surface area contributed by atoms with Gasteiger partial charge in [-0.3, -0.25) is 9.80 Å². The number of hydrogen-bond acceptors (Lipinski definition) is 4. The number of aromatic nitrogens is 1. The highest BCUT2D eigenvalue weighted by atomic mass is 19.1. The first-order valence-electron chi connectivity index (χ1n) is 10.5. The number of aromatic carboxylic acids is 1. The molecule has 31 heavy (non-hydrogen) atoms. The molecule has 1 aromatic heterocycles. The van der Waals surface area contributed by atoms with E-state index < -0.39 is 5.97 Å². The number of benzene rings is 2. The van der Waals surface area contributed by atoms with Gasteiger partial charge in [-0.2, -0.15) is 0 Å². The summed E-state index contributed by atoms with van der Waals surface area (Å²) in [6, 6.07) is 11.2. The fourth-order valence-corrected chi connectivity index (χ4v) is 4.54. The summed E-state index contributed by atoms with van der Waals surface area (Å²) in [5, 5.41) is 10.4. The summed E-state index contributed by atoms with van der Waals surface area (Å²) in [6.45, 7) is 5.06. The van der Waals surface area contributed by atoms with Crippen molar-refractivity contribution in [3.8, 4) is 5.75 Å². The molecule has 0 spiro atoms. The topological polar surface area (TPSA) is 68.8 Å². The molecule has 0 radical (unpaired) electrons. The number of aromatic amines is 1. The lowest BCUT2D eigenvalue weighted by molar-refractivity contribution is 0.0641. The van der Waals surface area contributed by atoms with Crippen LogP contribution >= 0.6 is 0 Å². The quantitative estimate of drug-likeness (QED) is 0.599. The van der Waals surface area contributed by atoms with Gasteiger partial charge in [-0.15, -0.1) is 0 Å². The van der Waals surface area contributed by atoms with Crippen LogP contribution in [0.3, 0.4) is 0 Å². The fourth-order valence-electron chi connectivity index (χ4n) is 4.54. The second-order valence-corrected chi connectivity index (χ2v) is 8.04. The largest absolute Gasteiger partial charge is 0.496 e. The second-order valence-electron chi connectivity index (χ2n) is 8.04. The van der Waals surface area contributed by atoms with Crippen LogP contribution in [0.25, 0.3) is 10.9 Å². The number of hydrogen-bond donors (Lipinski definition) is 2. The van der Waals surface area contributed by atoms with E-state index in [2.05, 4.69) is 33.8 Å². The van der Waals surface area contributed by atoms with E-state index in [1.165, 1.54) is 0 Å². The van der Waals surface area contributed by atoms with Gasteiger partial charge in [0.2, 0.25) is 0 Å². The van der Waals surface area contributed by atoms with Crippen molar-refractivity contribution >= 4 is 16.9 Å². The van der Waals surface area contributed by atoms with Gasteiger partial charge in [-0.05, 0) is 42.3 Å². The van der Waals surface area contributed by atoms with Gasteiger partial charge >= 0.3 is 5.97 Å². The third kappa shape index (κ3) is 4.29. The highest BCUT2D eigenvalue weighted by Gasteiger charge is 2.29. The maximum Gasteiger partial charge on any atom is 0.335 e. The molecule has 1 unspecified atom stereocenters. The lowest BCUT2D eigenvalue weighted by atomic mass is 9.98. The normalized spacial score (nSPS) is 17.8. The van der Waals surface area contributed by atoms with Crippen LogP contribution in [0.2, 0.25) is 0 Å². The smallest absolute Gasteiger partial charge is 0.335 e. The lowest BCUT2D eigenvalue weighted by Gasteiger charge is -2.42. The summed E-state index contributed by atoms with van der Waals surface area (Å²) in [4.78, 5) is 19.1. The monoisotopic (exact) mass is 425 g/mol. The Morgan fingerprint density at radius 1 is 1.26 bits per heavy atom. The summed E-state index contributed by atoms with van der Waals surface area (Å²) in [7, 11) is 1.69. The van der Waals surface area contributed by atoms with E-state index >= 15 is 0 Å². The number of fused-ring (bicyclic) bond motifs is 1. The van der Waals surface area contributed by atoms with Crippen LogP contribution in [0.5, 0.6) is 5.75 Å². The first kappa shape index (κ1) is 21.3. The number of alkyl halides is 1. The minimum absolute atomic E-state index is 0.0307. The number of H-pyrrole nitrogens is 1. The van der Waals surface area contributed by atoms with E-state index in [0.717, 1.165) is 46.4 Å². The van der Waals surface area contributed by atoms with Gasteiger partial charge in [0.1, 0.15) is 12.4 Å². The van der Waals surface area contributed by atoms with Gasteiger partial charge in [0, 0.05) is 61.4 Å². The Hall–Kier alpha value is -2.90. The molecule has 4 rings (SSSR count). The maximum absolute atomic E-state index is 13.0. The van der Waals surface area contributed by atoms with Crippen molar-refractivity contribution in [1.82, 2.24) is 14.8 Å². The van der Waals surface area contributed by atoms with Crippen LogP contribution in [0.1, 0.15) is 33.1 Å². The summed E-state index contributed by atoms with van der Waals surface area (Å²) in [5.74, 6) is -0.0823. The molecule has 3 aromatic rings. The number of carboxylic acid groups (broad SMARTS) is 1. The average molecular weight is 426 g/mol. The predicted octanol–water partition coefficient (Wildman–Crippen LogP) is 4.01. The van der Waals surface area contributed by atoms with Gasteiger partial charge in [-0.25, -0.2) is 9.18 Å². The number of ether oxygens (including phenoxy) is 1. The Labute approximate surface area is 181 Å². The number of methoxy groups -OCH3 is 1. The molecule has 2 N–H and O–H groups in total. The van der Waals surface area contributed by atoms with Crippen LogP contribution in [-0.4, -0.2) is 65.8 Å². The summed E-state index contributed by atoms with van der Waals surface area (Å²) < 4.78 is 18.8. The summed E-state index contributed by atoms with van der Waals surface area (Å²) in [5.41, 5.74) is 4.66. The molecule has 1 aliphatic rings. The number of nitrogens with one attached hydrogen (secondary N) is 1. The molecule has 6 nitrogen and oxygen atoms in total. The first-order chi connectivity index (χ1) is 15.0. The maximum atomic E-state index is 13.0. The van der Waals surface area contributed by atoms with Gasteiger partial charge in [0.25, 0.3) is 0 Å². The molecule has 7 heteroatoms. The lowest BCUT2D eigenvalue weighted by Crippen LogP contribution is -2.48. The first-order valence-corrected chi connectivity index (χ1v) is 10.5. The van der Waals surface area contributed by atoms with E-state index in [9.17, 15) is 14.3 Å². The van der Waals surface area contributed by atoms with Gasteiger partial charge < -0.3 is 14.8 Å². The number of nitrogens with zero attached hydrogens (tertiary/aromatic N) is 2. The molecule has 2 aromatic carbocycles. The Bertz CT molecular complexity index is 1060. The Morgan fingerprint density at radius 2 is 2.03 bits per heavy atom. The zero-order valence-electron chi connectivity index (χ0n) is 17.9. The van der Waals surface area contributed by atoms with Crippen LogP contribution < -0.4 is 4.74 Å². The standard InChI is InChI=1S/C24H28FN3O3/c1-16-13-22(31-2)20(19-7-9-26-23(16)19)14-28-12-11-27(10-8-25)15-21(28)17-3-5-18(6-4-17)24(29)30/h3-7,9,13,21,26H,8,10-12,14-15H2,1-2H3,(H,29,30). The molecule has 164 valence electrons. The molecule has 0 amide bonds. The van der Waals surface area contributed by atoms with Crippen molar-refractivity contribution < 1.29 is 19.0 Å². The van der Waals surface area contributed by atoms with Crippen LogP contribution in [0.15, 0.2) is 42.6 Å². The van der Waals surface area contributed by atoms with Crippen LogP contribution in [0.4, 0.5) is 4.39 Å². The third-order valence-corrected chi connectivity index (χ3v) is 6.21. The predicted molar refractivity (Wildman–Crippen MR) is 119 cm³/mol. The van der Waals surface area contributed by atoms with E-state index in [1.807, 2.05) is 18.3 Å². The highest BCUT2D eigenvalue weighted by Crippen LogP contribution is 2.35. The Balaban J connectivity index is 1.69. The fraction of sp³-hybridized carbons (Fsp3) is 0.375. The van der Waals surface area contributed by atoms with Crippen molar-refractivity contribution in [2.45, 2.75) is 19.5 Å². The molecule has 0 aliphatic carbocycles. The molecular formula is C24H28FN3O3. The van der Waals surface area contributed by atoms with E-state index in [4.69, 9.17) is 4.74 Å². The van der Waals surface area contributed by atoms with Gasteiger partial charge in [0.05, 0.1) is 12.7 Å². The van der Waals surface area contributed by atoms with Crippen molar-refractivity contribution in [3.63, 3.8) is 0 Å². The van der Waals surface area contributed by atoms with E-state index in [1.54, 1.807) is 19.2 Å². The van der Waals surface area contributed by atoms with Gasteiger partial charge in [-0.1, -0.05) is 12.1 Å². The molecule has 1 saturated heterocycles. The molecule has 0 bridgehead atoms. The average Bonchev–Trinajstić information content (AvgIpc) is 3.27.